The molecule has 0 spiro atoms. The van der Waals surface area contributed by atoms with Gasteiger partial charge in [0.2, 0.25) is 0 Å². The van der Waals surface area contributed by atoms with Gasteiger partial charge in [0.1, 0.15) is 17.9 Å². The third-order valence-corrected chi connectivity index (χ3v) is 3.14. The molecule has 0 saturated carbocycles. The first-order chi connectivity index (χ1) is 7.74. The molecule has 0 radical (unpaired) electrons. The highest BCUT2D eigenvalue weighted by Crippen LogP contribution is 2.33. The first-order valence-electron chi connectivity index (χ1n) is 4.43. The fraction of sp³-hybridized carbons (Fsp3) is 0.200. The maximum atomic E-state index is 10.1. The van der Waals surface area contributed by atoms with Gasteiger partial charge in [-0.05, 0) is 17.7 Å². The minimum atomic E-state index is 0.214. The first kappa shape index (κ1) is 11.2. The van der Waals surface area contributed by atoms with Crippen LogP contribution in [0.3, 0.4) is 0 Å². The average Bonchev–Trinajstić information content (AvgIpc) is 2.65. The van der Waals surface area contributed by atoms with Gasteiger partial charge in [-0.2, -0.15) is 0 Å². The molecule has 6 heteroatoms. The van der Waals surface area contributed by atoms with Crippen molar-refractivity contribution in [1.82, 2.24) is 4.98 Å². The maximum Gasteiger partial charge on any atom is 0.293 e. The highest BCUT2D eigenvalue weighted by molar-refractivity contribution is 7.22. The Hall–Kier alpha value is -1.33. The van der Waals surface area contributed by atoms with E-state index in [1.807, 2.05) is 6.07 Å². The molecule has 0 atom stereocenters. The van der Waals surface area contributed by atoms with Crippen molar-refractivity contribution in [3.63, 3.8) is 0 Å². The number of hydrogen-bond donors (Lipinski definition) is 0. The van der Waals surface area contributed by atoms with Gasteiger partial charge in [-0.1, -0.05) is 11.6 Å². The normalized spacial score (nSPS) is 10.4. The van der Waals surface area contributed by atoms with Crippen molar-refractivity contribution in [2.24, 2.45) is 0 Å². The molecule has 0 aliphatic rings. The predicted molar refractivity (Wildman–Crippen MR) is 62.0 cm³/mol. The molecule has 2 rings (SSSR count). The van der Waals surface area contributed by atoms with Gasteiger partial charge in [0.15, 0.2) is 4.47 Å². The molecule has 84 valence electrons. The number of halogens is 1. The lowest BCUT2D eigenvalue weighted by molar-refractivity contribution is -0.129. The van der Waals surface area contributed by atoms with Crippen LogP contribution in [0.25, 0.3) is 10.2 Å². The highest BCUT2D eigenvalue weighted by Gasteiger charge is 2.10. The number of rotatable bonds is 4. The number of hydrogen-bond acceptors (Lipinski definition) is 5. The van der Waals surface area contributed by atoms with Gasteiger partial charge in [-0.25, -0.2) is 4.98 Å². The Morgan fingerprint density at radius 2 is 2.38 bits per heavy atom. The Morgan fingerprint density at radius 3 is 3.06 bits per heavy atom. The van der Waals surface area contributed by atoms with Crippen LogP contribution in [-0.4, -0.2) is 18.6 Å². The second-order valence-electron chi connectivity index (χ2n) is 3.02. The minimum absolute atomic E-state index is 0.214. The van der Waals surface area contributed by atoms with E-state index in [4.69, 9.17) is 16.3 Å². The number of methoxy groups -OCH3 is 1. The van der Waals surface area contributed by atoms with Gasteiger partial charge in [0.05, 0.1) is 11.8 Å². The Balaban J connectivity index is 2.49. The molecule has 1 aromatic carbocycles. The van der Waals surface area contributed by atoms with Crippen LogP contribution in [0.5, 0.6) is 5.75 Å². The van der Waals surface area contributed by atoms with Gasteiger partial charge in [0, 0.05) is 0 Å². The number of aromatic nitrogens is 1. The van der Waals surface area contributed by atoms with E-state index in [0.29, 0.717) is 16.7 Å². The molecule has 0 aliphatic heterocycles. The molecular formula is C10H8ClNO3S. The number of fused-ring (bicyclic) bond motifs is 1. The molecule has 4 nitrogen and oxygen atoms in total. The lowest BCUT2D eigenvalue weighted by Crippen LogP contribution is -1.92. The zero-order valence-corrected chi connectivity index (χ0v) is 9.97. The largest absolute Gasteiger partial charge is 0.494 e. The minimum Gasteiger partial charge on any atom is -0.494 e. The summed E-state index contributed by atoms with van der Waals surface area (Å²) < 4.78 is 11.3. The van der Waals surface area contributed by atoms with E-state index in [9.17, 15) is 4.79 Å². The Bertz CT molecular complexity index is 526. The maximum absolute atomic E-state index is 10.1. The summed E-state index contributed by atoms with van der Waals surface area (Å²) in [6, 6.07) is 3.66. The van der Waals surface area contributed by atoms with Crippen LogP contribution in [-0.2, 0) is 16.1 Å². The SMILES string of the molecule is COc1cc(COC=O)cc2sc(Cl)nc12. The number of ether oxygens (including phenoxy) is 2. The summed E-state index contributed by atoms with van der Waals surface area (Å²) in [5.41, 5.74) is 1.57. The standard InChI is InChI=1S/C10H8ClNO3S/c1-14-7-2-6(4-15-5-13)3-8-9(7)12-10(11)16-8/h2-3,5H,4H2,1H3. The van der Waals surface area contributed by atoms with Crippen molar-refractivity contribution in [3.8, 4) is 5.75 Å². The molecule has 0 fully saturated rings. The van der Waals surface area contributed by atoms with Crippen molar-refractivity contribution in [1.29, 1.82) is 0 Å². The molecule has 0 unspecified atom stereocenters. The van der Waals surface area contributed by atoms with Crippen LogP contribution in [0.2, 0.25) is 4.47 Å². The number of thiazole rings is 1. The van der Waals surface area contributed by atoms with E-state index in [1.54, 1.807) is 13.2 Å². The zero-order valence-electron chi connectivity index (χ0n) is 8.40. The Labute approximate surface area is 101 Å². The lowest BCUT2D eigenvalue weighted by Gasteiger charge is -2.04. The van der Waals surface area contributed by atoms with Crippen molar-refractivity contribution in [2.75, 3.05) is 7.11 Å². The Morgan fingerprint density at radius 1 is 1.56 bits per heavy atom. The summed E-state index contributed by atoms with van der Waals surface area (Å²) >= 11 is 7.19. The molecule has 1 aromatic heterocycles. The quantitative estimate of drug-likeness (QED) is 0.790. The topological polar surface area (TPSA) is 48.4 Å². The van der Waals surface area contributed by atoms with Gasteiger partial charge in [-0.3, -0.25) is 4.79 Å². The number of carbonyl (C=O) groups excluding carboxylic acids is 1. The fourth-order valence-electron chi connectivity index (χ4n) is 1.40. The summed E-state index contributed by atoms with van der Waals surface area (Å²) in [5.74, 6) is 0.630. The third-order valence-electron chi connectivity index (χ3n) is 2.03. The van der Waals surface area contributed by atoms with Gasteiger partial charge < -0.3 is 9.47 Å². The molecule has 16 heavy (non-hydrogen) atoms. The van der Waals surface area contributed by atoms with Crippen molar-refractivity contribution in [3.05, 3.63) is 22.2 Å². The average molecular weight is 258 g/mol. The zero-order chi connectivity index (χ0) is 11.5. The monoisotopic (exact) mass is 257 g/mol. The van der Waals surface area contributed by atoms with E-state index in [0.717, 1.165) is 15.8 Å². The molecule has 0 N–H and O–H groups in total. The van der Waals surface area contributed by atoms with Crippen molar-refractivity contribution < 1.29 is 14.3 Å². The number of nitrogens with zero attached hydrogens (tertiary/aromatic N) is 1. The van der Waals surface area contributed by atoms with Crippen LogP contribution in [0.15, 0.2) is 12.1 Å². The van der Waals surface area contributed by atoms with Crippen LogP contribution in [0.1, 0.15) is 5.56 Å². The second-order valence-corrected chi connectivity index (χ2v) is 4.63. The van der Waals surface area contributed by atoms with Gasteiger partial charge in [-0.15, -0.1) is 11.3 Å². The van der Waals surface area contributed by atoms with Gasteiger partial charge in [0.25, 0.3) is 6.47 Å². The lowest BCUT2D eigenvalue weighted by atomic mass is 10.2. The summed E-state index contributed by atoms with van der Waals surface area (Å²) in [7, 11) is 1.56. The third kappa shape index (κ3) is 2.10. The fourth-order valence-corrected chi connectivity index (χ4v) is 2.50. The predicted octanol–water partition coefficient (Wildman–Crippen LogP) is 2.63. The van der Waals surface area contributed by atoms with E-state index < -0.39 is 0 Å². The molecule has 0 aliphatic carbocycles. The number of carbonyl (C=O) groups is 1. The van der Waals surface area contributed by atoms with Crippen LogP contribution < -0.4 is 4.74 Å². The van der Waals surface area contributed by atoms with Gasteiger partial charge >= 0.3 is 0 Å². The summed E-state index contributed by atoms with van der Waals surface area (Å²) in [6.45, 7) is 0.627. The van der Waals surface area contributed by atoms with E-state index in [2.05, 4.69) is 9.72 Å². The molecule has 0 bridgehead atoms. The molecule has 0 amide bonds. The van der Waals surface area contributed by atoms with E-state index >= 15 is 0 Å². The summed E-state index contributed by atoms with van der Waals surface area (Å²) in [4.78, 5) is 14.3. The van der Waals surface area contributed by atoms with Crippen molar-refractivity contribution in [2.45, 2.75) is 6.61 Å². The first-order valence-corrected chi connectivity index (χ1v) is 5.62. The molecule has 2 aromatic rings. The Kier molecular flexibility index (Phi) is 3.26. The van der Waals surface area contributed by atoms with Crippen LogP contribution in [0.4, 0.5) is 0 Å². The smallest absolute Gasteiger partial charge is 0.293 e. The molecule has 1 heterocycles. The van der Waals surface area contributed by atoms with E-state index in [1.165, 1.54) is 11.3 Å². The summed E-state index contributed by atoms with van der Waals surface area (Å²) in [5, 5.41) is 0. The second kappa shape index (κ2) is 4.67. The molecule has 0 saturated heterocycles. The van der Waals surface area contributed by atoms with Crippen molar-refractivity contribution >= 4 is 39.6 Å². The highest BCUT2D eigenvalue weighted by atomic mass is 35.5. The number of benzene rings is 1. The van der Waals surface area contributed by atoms with E-state index in [-0.39, 0.29) is 6.61 Å². The van der Waals surface area contributed by atoms with Crippen LogP contribution in [0, 0.1) is 0 Å². The van der Waals surface area contributed by atoms with Crippen LogP contribution >= 0.6 is 22.9 Å². The molecular weight excluding hydrogens is 250 g/mol. The summed E-state index contributed by atoms with van der Waals surface area (Å²) in [6.07, 6.45) is 0.